The van der Waals surface area contributed by atoms with Gasteiger partial charge in [0.2, 0.25) is 5.91 Å². The second kappa shape index (κ2) is 9.99. The van der Waals surface area contributed by atoms with E-state index in [9.17, 15) is 4.79 Å². The lowest BCUT2D eigenvalue weighted by Crippen LogP contribution is -2.30. The van der Waals surface area contributed by atoms with Crippen molar-refractivity contribution in [2.75, 3.05) is 13.2 Å². The Labute approximate surface area is 153 Å². The van der Waals surface area contributed by atoms with Crippen molar-refractivity contribution in [1.29, 1.82) is 0 Å². The molecule has 0 unspecified atom stereocenters. The number of hydrogen-bond donors (Lipinski definition) is 1. The molecule has 0 aromatic heterocycles. The molecule has 0 aliphatic carbocycles. The molecular formula is C20H25NO3S. The molecule has 0 heterocycles. The summed E-state index contributed by atoms with van der Waals surface area (Å²) in [5.41, 5.74) is 0.983. The van der Waals surface area contributed by atoms with E-state index in [0.717, 1.165) is 16.2 Å². The summed E-state index contributed by atoms with van der Waals surface area (Å²) in [7, 11) is 0. The van der Waals surface area contributed by atoms with E-state index in [2.05, 4.69) is 5.32 Å². The molecule has 1 N–H and O–H groups in total. The van der Waals surface area contributed by atoms with Crippen molar-refractivity contribution in [1.82, 2.24) is 5.32 Å². The van der Waals surface area contributed by atoms with Gasteiger partial charge in [0.05, 0.1) is 18.5 Å². The Morgan fingerprint density at radius 3 is 2.40 bits per heavy atom. The Bertz CT molecular complexity index is 676. The summed E-state index contributed by atoms with van der Waals surface area (Å²) in [6.07, 6.45) is 0. The smallest absolute Gasteiger partial charge is 0.233 e. The second-order valence-electron chi connectivity index (χ2n) is 5.44. The number of carbonyl (C=O) groups is 1. The number of carbonyl (C=O) groups excluding carboxylic acids is 1. The van der Waals surface area contributed by atoms with Gasteiger partial charge in [0, 0.05) is 11.4 Å². The fourth-order valence-electron chi connectivity index (χ4n) is 2.30. The summed E-state index contributed by atoms with van der Waals surface area (Å²) in [5, 5.41) is 2.83. The molecule has 0 saturated heterocycles. The summed E-state index contributed by atoms with van der Waals surface area (Å²) in [4.78, 5) is 13.4. The van der Waals surface area contributed by atoms with Gasteiger partial charge in [0.15, 0.2) is 11.5 Å². The average Bonchev–Trinajstić information content (AvgIpc) is 2.62. The first-order chi connectivity index (χ1) is 12.1. The molecule has 0 radical (unpaired) electrons. The third-order valence-corrected chi connectivity index (χ3v) is 4.61. The summed E-state index contributed by atoms with van der Waals surface area (Å²) >= 11 is 1.55. The standard InChI is InChI=1S/C20H25NO3S/c1-4-23-18-12-11-16(13-19(18)24-5-2)14-21-20(22)15(3)25-17-9-7-6-8-10-17/h6-13,15H,4-5,14H2,1-3H3,(H,21,22)/t15-/m0/s1. The Morgan fingerprint density at radius 1 is 1.04 bits per heavy atom. The first kappa shape index (κ1) is 19.2. The molecule has 4 nitrogen and oxygen atoms in total. The first-order valence-corrected chi connectivity index (χ1v) is 9.40. The van der Waals surface area contributed by atoms with Crippen molar-refractivity contribution in [2.24, 2.45) is 0 Å². The number of rotatable bonds is 9. The van der Waals surface area contributed by atoms with Gasteiger partial charge in [-0.15, -0.1) is 11.8 Å². The minimum absolute atomic E-state index is 0.0145. The van der Waals surface area contributed by atoms with Crippen LogP contribution in [0.3, 0.4) is 0 Å². The molecule has 2 aromatic rings. The molecule has 5 heteroatoms. The van der Waals surface area contributed by atoms with Crippen molar-refractivity contribution < 1.29 is 14.3 Å². The molecule has 0 bridgehead atoms. The normalized spacial score (nSPS) is 11.6. The van der Waals surface area contributed by atoms with Crippen molar-refractivity contribution >= 4 is 17.7 Å². The van der Waals surface area contributed by atoms with Gasteiger partial charge in [-0.3, -0.25) is 4.79 Å². The Kier molecular flexibility index (Phi) is 7.67. The number of amides is 1. The first-order valence-electron chi connectivity index (χ1n) is 8.52. The largest absolute Gasteiger partial charge is 0.490 e. The van der Waals surface area contributed by atoms with Crippen molar-refractivity contribution in [3.05, 3.63) is 54.1 Å². The fourth-order valence-corrected chi connectivity index (χ4v) is 3.21. The summed E-state index contributed by atoms with van der Waals surface area (Å²) in [5.74, 6) is 1.45. The predicted molar refractivity (Wildman–Crippen MR) is 102 cm³/mol. The Morgan fingerprint density at radius 2 is 1.72 bits per heavy atom. The number of thioether (sulfide) groups is 1. The van der Waals surface area contributed by atoms with Crippen LogP contribution in [0.1, 0.15) is 26.3 Å². The van der Waals surface area contributed by atoms with E-state index in [0.29, 0.717) is 25.5 Å². The lowest BCUT2D eigenvalue weighted by Gasteiger charge is -2.14. The lowest BCUT2D eigenvalue weighted by atomic mass is 10.2. The highest BCUT2D eigenvalue weighted by molar-refractivity contribution is 8.00. The maximum atomic E-state index is 12.3. The topological polar surface area (TPSA) is 47.6 Å². The molecule has 0 saturated carbocycles. The van der Waals surface area contributed by atoms with Crippen LogP contribution in [0, 0.1) is 0 Å². The predicted octanol–water partition coefficient (Wildman–Crippen LogP) is 4.28. The quantitative estimate of drug-likeness (QED) is 0.679. The molecule has 0 spiro atoms. The SMILES string of the molecule is CCOc1ccc(CNC(=O)[C@H](C)Sc2ccccc2)cc1OCC. The fraction of sp³-hybridized carbons (Fsp3) is 0.350. The Hall–Kier alpha value is -2.14. The number of nitrogens with one attached hydrogen (secondary N) is 1. The van der Waals surface area contributed by atoms with E-state index >= 15 is 0 Å². The molecule has 2 rings (SSSR count). The molecular weight excluding hydrogens is 334 g/mol. The number of hydrogen-bond acceptors (Lipinski definition) is 4. The molecule has 0 fully saturated rings. The molecule has 1 atom stereocenters. The molecule has 1 amide bonds. The zero-order valence-corrected chi connectivity index (χ0v) is 15.8. The van der Waals surface area contributed by atoms with Gasteiger partial charge in [-0.25, -0.2) is 0 Å². The van der Waals surface area contributed by atoms with E-state index in [1.165, 1.54) is 0 Å². The van der Waals surface area contributed by atoms with Crippen LogP contribution in [-0.2, 0) is 11.3 Å². The average molecular weight is 359 g/mol. The minimum Gasteiger partial charge on any atom is -0.490 e. The van der Waals surface area contributed by atoms with E-state index in [4.69, 9.17) is 9.47 Å². The summed E-state index contributed by atoms with van der Waals surface area (Å²) < 4.78 is 11.2. The van der Waals surface area contributed by atoms with Gasteiger partial charge >= 0.3 is 0 Å². The van der Waals surface area contributed by atoms with Gasteiger partial charge in [0.25, 0.3) is 0 Å². The monoisotopic (exact) mass is 359 g/mol. The van der Waals surface area contributed by atoms with Crippen LogP contribution in [0.15, 0.2) is 53.4 Å². The number of ether oxygens (including phenoxy) is 2. The van der Waals surface area contributed by atoms with E-state index < -0.39 is 0 Å². The van der Waals surface area contributed by atoms with Crippen molar-refractivity contribution in [2.45, 2.75) is 37.5 Å². The van der Waals surface area contributed by atoms with Gasteiger partial charge in [-0.2, -0.15) is 0 Å². The summed E-state index contributed by atoms with van der Waals surface area (Å²) in [6, 6.07) is 15.7. The minimum atomic E-state index is -0.156. The number of benzene rings is 2. The zero-order valence-electron chi connectivity index (χ0n) is 15.0. The highest BCUT2D eigenvalue weighted by Gasteiger charge is 2.14. The van der Waals surface area contributed by atoms with Crippen LogP contribution in [0.25, 0.3) is 0 Å². The Balaban J connectivity index is 1.93. The van der Waals surface area contributed by atoms with E-state index in [-0.39, 0.29) is 11.2 Å². The van der Waals surface area contributed by atoms with Crippen molar-refractivity contribution in [3.8, 4) is 11.5 Å². The van der Waals surface area contributed by atoms with E-state index in [1.807, 2.05) is 69.3 Å². The molecule has 0 aliphatic rings. The zero-order chi connectivity index (χ0) is 18.1. The van der Waals surface area contributed by atoms with Crippen LogP contribution in [0.2, 0.25) is 0 Å². The van der Waals surface area contributed by atoms with Crippen LogP contribution in [0.5, 0.6) is 11.5 Å². The van der Waals surface area contributed by atoms with Gasteiger partial charge < -0.3 is 14.8 Å². The van der Waals surface area contributed by atoms with Crippen molar-refractivity contribution in [3.63, 3.8) is 0 Å². The second-order valence-corrected chi connectivity index (χ2v) is 6.85. The van der Waals surface area contributed by atoms with Crippen LogP contribution < -0.4 is 14.8 Å². The molecule has 134 valence electrons. The van der Waals surface area contributed by atoms with Gasteiger partial charge in [-0.1, -0.05) is 24.3 Å². The summed E-state index contributed by atoms with van der Waals surface area (Å²) in [6.45, 7) is 7.41. The molecule has 2 aromatic carbocycles. The van der Waals surface area contributed by atoms with Gasteiger partial charge in [-0.05, 0) is 50.6 Å². The maximum Gasteiger partial charge on any atom is 0.233 e. The van der Waals surface area contributed by atoms with Crippen LogP contribution in [0.4, 0.5) is 0 Å². The maximum absolute atomic E-state index is 12.3. The molecule has 25 heavy (non-hydrogen) atoms. The molecule has 0 aliphatic heterocycles. The highest BCUT2D eigenvalue weighted by atomic mass is 32.2. The van der Waals surface area contributed by atoms with E-state index in [1.54, 1.807) is 11.8 Å². The third kappa shape index (κ3) is 6.02. The van der Waals surface area contributed by atoms with Gasteiger partial charge in [0.1, 0.15) is 0 Å². The lowest BCUT2D eigenvalue weighted by molar-refractivity contribution is -0.120. The van der Waals surface area contributed by atoms with Crippen LogP contribution in [-0.4, -0.2) is 24.4 Å². The third-order valence-electron chi connectivity index (χ3n) is 3.50. The van der Waals surface area contributed by atoms with Crippen LogP contribution >= 0.6 is 11.8 Å². The highest BCUT2D eigenvalue weighted by Crippen LogP contribution is 2.28.